The van der Waals surface area contributed by atoms with Crippen molar-refractivity contribution in [2.45, 2.75) is 35.5 Å². The fraction of sp³-hybridized carbons (Fsp3) is 0.600. The van der Waals surface area contributed by atoms with Gasteiger partial charge in [0.05, 0.1) is 11.1 Å². The van der Waals surface area contributed by atoms with Gasteiger partial charge in [-0.2, -0.15) is 61.5 Å². The van der Waals surface area contributed by atoms with Crippen molar-refractivity contribution in [3.8, 4) is 0 Å². The van der Waals surface area contributed by atoms with Crippen LogP contribution in [0.15, 0.2) is 23.3 Å². The Hall–Kier alpha value is -1.64. The SMILES string of the molecule is FC(F)=C1C(=C(F)F)C(F)(C(F)(F)C(F)(F)F)C1(F)C(F)(F)C(F)(F)F. The van der Waals surface area contributed by atoms with Gasteiger partial charge in [0.25, 0.3) is 23.5 Å². The summed E-state index contributed by atoms with van der Waals surface area (Å²) in [4.78, 5) is 0. The van der Waals surface area contributed by atoms with Crippen molar-refractivity contribution >= 4 is 0 Å². The third kappa shape index (κ3) is 2.25. The second-order valence-corrected chi connectivity index (χ2v) is 4.73. The van der Waals surface area contributed by atoms with Crippen molar-refractivity contribution in [3.05, 3.63) is 23.3 Å². The molecule has 1 saturated carbocycles. The van der Waals surface area contributed by atoms with Crippen LogP contribution < -0.4 is 0 Å². The standard InChI is InChI=1S/C10F16/c11-3(12)1-2(4(13)14)6(16,8(19,20)10(24,25)26)5(1,15)7(17,18)9(21,22)23. The topological polar surface area (TPSA) is 0 Å². The zero-order valence-corrected chi connectivity index (χ0v) is 11.0. The van der Waals surface area contributed by atoms with Gasteiger partial charge in [-0.05, 0) is 0 Å². The van der Waals surface area contributed by atoms with E-state index in [1.807, 2.05) is 0 Å². The quantitative estimate of drug-likeness (QED) is 0.470. The highest BCUT2D eigenvalue weighted by atomic mass is 19.4. The van der Waals surface area contributed by atoms with Gasteiger partial charge in [0, 0.05) is 0 Å². The zero-order chi connectivity index (χ0) is 21.3. The van der Waals surface area contributed by atoms with Gasteiger partial charge in [-0.3, -0.25) is 0 Å². The fourth-order valence-electron chi connectivity index (χ4n) is 2.21. The Morgan fingerprint density at radius 2 is 0.692 bits per heavy atom. The van der Waals surface area contributed by atoms with E-state index in [0.717, 1.165) is 0 Å². The Labute approximate surface area is 130 Å². The number of hydrogen-bond donors (Lipinski definition) is 0. The van der Waals surface area contributed by atoms with E-state index in [9.17, 15) is 70.2 Å². The Bertz CT molecular complexity index is 595. The molecule has 2 unspecified atom stereocenters. The molecule has 16 heteroatoms. The minimum absolute atomic E-state index is 3.95. The van der Waals surface area contributed by atoms with E-state index in [0.29, 0.717) is 0 Å². The minimum atomic E-state index is -7.68. The molecule has 0 heterocycles. The molecular weight excluding hydrogens is 424 g/mol. The molecule has 2 atom stereocenters. The van der Waals surface area contributed by atoms with Crippen LogP contribution in [0.25, 0.3) is 0 Å². The van der Waals surface area contributed by atoms with Crippen LogP contribution in [0.4, 0.5) is 70.2 Å². The minimum Gasteiger partial charge on any atom is -0.227 e. The van der Waals surface area contributed by atoms with Crippen LogP contribution in [0.2, 0.25) is 0 Å². The van der Waals surface area contributed by atoms with Crippen LogP contribution >= 0.6 is 0 Å². The van der Waals surface area contributed by atoms with E-state index in [1.54, 1.807) is 0 Å². The first-order valence-electron chi connectivity index (χ1n) is 5.52. The summed E-state index contributed by atoms with van der Waals surface area (Å²) in [6.45, 7) is 0. The highest BCUT2D eigenvalue weighted by Crippen LogP contribution is 2.73. The molecule has 26 heavy (non-hydrogen) atoms. The highest BCUT2D eigenvalue weighted by Gasteiger charge is 2.97. The zero-order valence-electron chi connectivity index (χ0n) is 11.0. The Morgan fingerprint density at radius 1 is 0.500 bits per heavy atom. The number of halogens is 16. The molecule has 0 N–H and O–H groups in total. The molecule has 0 saturated heterocycles. The van der Waals surface area contributed by atoms with Crippen molar-refractivity contribution in [2.24, 2.45) is 0 Å². The van der Waals surface area contributed by atoms with Crippen LogP contribution in [0.3, 0.4) is 0 Å². The third-order valence-electron chi connectivity index (χ3n) is 3.37. The van der Waals surface area contributed by atoms with Crippen LogP contribution in [0.1, 0.15) is 0 Å². The van der Waals surface area contributed by atoms with Crippen molar-refractivity contribution in [1.82, 2.24) is 0 Å². The number of hydrogen-bond acceptors (Lipinski definition) is 0. The van der Waals surface area contributed by atoms with Crippen LogP contribution in [0.5, 0.6) is 0 Å². The molecule has 152 valence electrons. The second kappa shape index (κ2) is 5.43. The molecule has 0 spiro atoms. The Kier molecular flexibility index (Phi) is 4.68. The largest absolute Gasteiger partial charge is 0.457 e. The third-order valence-corrected chi connectivity index (χ3v) is 3.37. The molecule has 0 aromatic heterocycles. The van der Waals surface area contributed by atoms with Gasteiger partial charge < -0.3 is 0 Å². The maximum Gasteiger partial charge on any atom is 0.457 e. The van der Waals surface area contributed by atoms with E-state index >= 15 is 0 Å². The van der Waals surface area contributed by atoms with Crippen LogP contribution in [-0.4, -0.2) is 35.5 Å². The van der Waals surface area contributed by atoms with Crippen LogP contribution in [-0.2, 0) is 0 Å². The predicted molar refractivity (Wildman–Crippen MR) is 48.2 cm³/mol. The normalized spacial score (nSPS) is 28.2. The summed E-state index contributed by atoms with van der Waals surface area (Å²) >= 11 is 0. The van der Waals surface area contributed by atoms with Gasteiger partial charge in [0.1, 0.15) is 0 Å². The summed E-state index contributed by atoms with van der Waals surface area (Å²) in [7, 11) is 0. The van der Waals surface area contributed by atoms with Gasteiger partial charge >= 0.3 is 24.2 Å². The molecule has 0 amide bonds. The van der Waals surface area contributed by atoms with E-state index in [2.05, 4.69) is 0 Å². The summed E-state index contributed by atoms with van der Waals surface area (Å²) in [5.74, 6) is -15.4. The summed E-state index contributed by atoms with van der Waals surface area (Å²) in [6, 6.07) is 0. The summed E-state index contributed by atoms with van der Waals surface area (Å²) in [6.07, 6.45) is -23.6. The molecule has 0 aromatic carbocycles. The van der Waals surface area contributed by atoms with Crippen molar-refractivity contribution < 1.29 is 70.2 Å². The van der Waals surface area contributed by atoms with Gasteiger partial charge in [0.2, 0.25) is 0 Å². The van der Waals surface area contributed by atoms with Crippen molar-refractivity contribution in [3.63, 3.8) is 0 Å². The molecule has 1 aliphatic rings. The Morgan fingerprint density at radius 3 is 0.808 bits per heavy atom. The maximum absolute atomic E-state index is 14.0. The van der Waals surface area contributed by atoms with Gasteiger partial charge in [-0.1, -0.05) is 0 Å². The molecule has 0 aromatic rings. The van der Waals surface area contributed by atoms with Crippen molar-refractivity contribution in [1.29, 1.82) is 0 Å². The molecule has 1 fully saturated rings. The van der Waals surface area contributed by atoms with E-state index in [-0.39, 0.29) is 0 Å². The molecule has 1 rings (SSSR count). The average Bonchev–Trinajstić information content (AvgIpc) is 2.38. The summed E-state index contributed by atoms with van der Waals surface area (Å²) in [5, 5.41) is 0. The number of allylic oxidation sites excluding steroid dienone is 2. The number of rotatable bonds is 2. The number of alkyl halides is 12. The van der Waals surface area contributed by atoms with Gasteiger partial charge in [-0.25, -0.2) is 8.78 Å². The molecular formula is C10F16. The molecule has 0 bridgehead atoms. The lowest BCUT2D eigenvalue weighted by atomic mass is 9.55. The second-order valence-electron chi connectivity index (χ2n) is 4.73. The van der Waals surface area contributed by atoms with E-state index < -0.39 is 58.8 Å². The Balaban J connectivity index is 4.10. The predicted octanol–water partition coefficient (Wildman–Crippen LogP) is 6.11. The maximum atomic E-state index is 14.0. The lowest BCUT2D eigenvalue weighted by molar-refractivity contribution is -0.395. The summed E-state index contributed by atoms with van der Waals surface area (Å²) < 4.78 is 203. The first-order chi connectivity index (χ1) is 11.1. The van der Waals surface area contributed by atoms with Crippen LogP contribution in [0, 0.1) is 0 Å². The molecule has 0 aliphatic heterocycles. The lowest BCUT2D eigenvalue weighted by Gasteiger charge is -2.55. The fourth-order valence-corrected chi connectivity index (χ4v) is 2.21. The monoisotopic (exact) mass is 424 g/mol. The van der Waals surface area contributed by atoms with Crippen molar-refractivity contribution in [2.75, 3.05) is 0 Å². The lowest BCUT2D eigenvalue weighted by Crippen LogP contribution is -2.81. The first kappa shape index (κ1) is 22.4. The molecule has 1 aliphatic carbocycles. The molecule has 0 radical (unpaired) electrons. The van der Waals surface area contributed by atoms with Gasteiger partial charge in [0.15, 0.2) is 0 Å². The molecule has 0 nitrogen and oxygen atoms in total. The van der Waals surface area contributed by atoms with E-state index in [1.165, 1.54) is 0 Å². The average molecular weight is 424 g/mol. The summed E-state index contributed by atoms with van der Waals surface area (Å²) in [5.41, 5.74) is -22.3. The van der Waals surface area contributed by atoms with E-state index in [4.69, 9.17) is 0 Å². The highest BCUT2D eigenvalue weighted by molar-refractivity contribution is 5.65. The first-order valence-corrected chi connectivity index (χ1v) is 5.52. The smallest absolute Gasteiger partial charge is 0.227 e. The van der Waals surface area contributed by atoms with Gasteiger partial charge in [-0.15, -0.1) is 0 Å².